The molecule has 1 atom stereocenters. The minimum atomic E-state index is -4.44. The Balaban J connectivity index is 2.63. The number of aryl methyl sites for hydroxylation is 1. The largest absolute Gasteiger partial charge is 0.407 e. The summed E-state index contributed by atoms with van der Waals surface area (Å²) >= 11 is 0. The number of alkyl halides is 3. The highest BCUT2D eigenvalue weighted by atomic mass is 19.4. The zero-order valence-electron chi connectivity index (χ0n) is 12.8. The first-order chi connectivity index (χ1) is 9.49. The van der Waals surface area contributed by atoms with Crippen LogP contribution in [0.2, 0.25) is 0 Å². The summed E-state index contributed by atoms with van der Waals surface area (Å²) in [6.45, 7) is 8.72. The molecule has 1 aromatic heterocycles. The number of halogens is 3. The van der Waals surface area contributed by atoms with Crippen molar-refractivity contribution in [3.8, 4) is 0 Å². The van der Waals surface area contributed by atoms with E-state index in [1.807, 2.05) is 23.6 Å². The molecule has 0 unspecified atom stereocenters. The lowest BCUT2D eigenvalue weighted by Gasteiger charge is -2.20. The first kappa shape index (κ1) is 15.9. The van der Waals surface area contributed by atoms with Crippen LogP contribution in [0.25, 0.3) is 10.9 Å². The minimum Gasteiger partial charge on any atom is -0.347 e. The molecule has 0 radical (unpaired) electrons. The van der Waals surface area contributed by atoms with Crippen LogP contribution < -0.4 is 5.73 Å². The zero-order valence-corrected chi connectivity index (χ0v) is 12.8. The van der Waals surface area contributed by atoms with Gasteiger partial charge in [0.2, 0.25) is 0 Å². The highest BCUT2D eigenvalue weighted by Gasteiger charge is 2.39. The highest BCUT2D eigenvalue weighted by molar-refractivity contribution is 5.85. The maximum absolute atomic E-state index is 13.0. The second-order valence-corrected chi connectivity index (χ2v) is 6.81. The summed E-state index contributed by atoms with van der Waals surface area (Å²) < 4.78 is 40.7. The fraction of sp³-hybridized carbons (Fsp3) is 0.500. The summed E-state index contributed by atoms with van der Waals surface area (Å²) in [6.07, 6.45) is -2.89. The van der Waals surface area contributed by atoms with Gasteiger partial charge in [-0.1, -0.05) is 32.9 Å². The number of hydrogen-bond acceptors (Lipinski definition) is 1. The van der Waals surface area contributed by atoms with Crippen molar-refractivity contribution in [3.63, 3.8) is 0 Å². The van der Waals surface area contributed by atoms with Crippen LogP contribution in [0.3, 0.4) is 0 Å². The Morgan fingerprint density at radius 3 is 2.33 bits per heavy atom. The van der Waals surface area contributed by atoms with E-state index in [2.05, 4.69) is 20.8 Å². The number of nitrogens with two attached hydrogens (primary N) is 1. The fourth-order valence-corrected chi connectivity index (χ4v) is 2.50. The van der Waals surface area contributed by atoms with E-state index in [0.717, 1.165) is 11.1 Å². The number of fused-ring (bicyclic) bond motifs is 1. The van der Waals surface area contributed by atoms with E-state index in [1.54, 1.807) is 12.3 Å². The normalized spacial score (nSPS) is 14.7. The van der Waals surface area contributed by atoms with E-state index in [-0.39, 0.29) is 11.0 Å². The molecule has 0 bridgehead atoms. The molecule has 0 aliphatic rings. The smallest absolute Gasteiger partial charge is 0.347 e. The summed E-state index contributed by atoms with van der Waals surface area (Å²) in [4.78, 5) is 0. The first-order valence-electron chi connectivity index (χ1n) is 6.91. The van der Waals surface area contributed by atoms with Gasteiger partial charge in [0.15, 0.2) is 0 Å². The van der Waals surface area contributed by atoms with Crippen LogP contribution in [0.1, 0.15) is 37.9 Å². The lowest BCUT2D eigenvalue weighted by molar-refractivity contribution is -0.148. The number of rotatable bonds is 2. The molecule has 0 saturated heterocycles. The van der Waals surface area contributed by atoms with E-state index in [1.165, 1.54) is 0 Å². The van der Waals surface area contributed by atoms with Gasteiger partial charge in [0, 0.05) is 29.2 Å². The molecule has 0 spiro atoms. The maximum Gasteiger partial charge on any atom is 0.407 e. The molecule has 0 aliphatic carbocycles. The molecule has 0 amide bonds. The molecule has 1 aromatic carbocycles. The molecule has 21 heavy (non-hydrogen) atoms. The molecule has 0 aliphatic heterocycles. The summed E-state index contributed by atoms with van der Waals surface area (Å²) in [5, 5.41) is 0.578. The summed E-state index contributed by atoms with van der Waals surface area (Å²) in [6, 6.07) is 3.50. The van der Waals surface area contributed by atoms with Gasteiger partial charge in [0.05, 0.1) is 0 Å². The topological polar surface area (TPSA) is 30.9 Å². The summed E-state index contributed by atoms with van der Waals surface area (Å²) in [5.74, 6) is 0. The molecule has 1 heterocycles. The minimum absolute atomic E-state index is 0.0324. The summed E-state index contributed by atoms with van der Waals surface area (Å²) in [7, 11) is 0. The Morgan fingerprint density at radius 1 is 1.19 bits per heavy atom. The quantitative estimate of drug-likeness (QED) is 0.866. The molecule has 2 rings (SSSR count). The molecule has 2 nitrogen and oxygen atoms in total. The van der Waals surface area contributed by atoms with E-state index >= 15 is 0 Å². The monoisotopic (exact) mass is 298 g/mol. The van der Waals surface area contributed by atoms with Crippen molar-refractivity contribution in [2.45, 2.75) is 46.5 Å². The summed E-state index contributed by atoms with van der Waals surface area (Å²) in [5.41, 5.74) is 7.34. The van der Waals surface area contributed by atoms with Crippen LogP contribution in [0, 0.1) is 12.3 Å². The number of aromatic nitrogens is 1. The third-order valence-corrected chi connectivity index (χ3v) is 3.40. The number of nitrogens with zero attached hydrogens (tertiary/aromatic N) is 1. The van der Waals surface area contributed by atoms with Gasteiger partial charge in [-0.05, 0) is 24.0 Å². The second kappa shape index (κ2) is 5.05. The fourth-order valence-electron chi connectivity index (χ4n) is 2.50. The van der Waals surface area contributed by atoms with Gasteiger partial charge in [0.1, 0.15) is 6.04 Å². The SMILES string of the molecule is Cc1ccc2c([C@H](N)C(F)(F)F)cn(CC(C)(C)C)c2c1. The third kappa shape index (κ3) is 3.40. The van der Waals surface area contributed by atoms with Crippen LogP contribution in [0.5, 0.6) is 0 Å². The van der Waals surface area contributed by atoms with Crippen LogP contribution in [-0.2, 0) is 6.54 Å². The molecular formula is C16H21F3N2. The van der Waals surface area contributed by atoms with Crippen LogP contribution in [0.4, 0.5) is 13.2 Å². The van der Waals surface area contributed by atoms with Crippen molar-refractivity contribution in [1.82, 2.24) is 4.57 Å². The van der Waals surface area contributed by atoms with Gasteiger partial charge in [-0.2, -0.15) is 13.2 Å². The van der Waals surface area contributed by atoms with Crippen LogP contribution in [0.15, 0.2) is 24.4 Å². The maximum atomic E-state index is 13.0. The molecular weight excluding hydrogens is 277 g/mol. The second-order valence-electron chi connectivity index (χ2n) is 6.81. The molecule has 5 heteroatoms. The van der Waals surface area contributed by atoms with Crippen molar-refractivity contribution in [2.24, 2.45) is 11.1 Å². The third-order valence-electron chi connectivity index (χ3n) is 3.40. The molecule has 116 valence electrons. The van der Waals surface area contributed by atoms with Crippen molar-refractivity contribution < 1.29 is 13.2 Å². The average Bonchev–Trinajstić information content (AvgIpc) is 2.63. The zero-order chi connectivity index (χ0) is 16.0. The van der Waals surface area contributed by atoms with Crippen molar-refractivity contribution in [2.75, 3.05) is 0 Å². The molecule has 0 saturated carbocycles. The Morgan fingerprint density at radius 2 is 1.81 bits per heavy atom. The van der Waals surface area contributed by atoms with E-state index < -0.39 is 12.2 Å². The Labute approximate surface area is 122 Å². The Bertz CT molecular complexity index is 648. The van der Waals surface area contributed by atoms with Gasteiger partial charge in [-0.3, -0.25) is 0 Å². The molecule has 0 fully saturated rings. The van der Waals surface area contributed by atoms with Gasteiger partial charge in [-0.25, -0.2) is 0 Å². The van der Waals surface area contributed by atoms with Crippen molar-refractivity contribution in [3.05, 3.63) is 35.5 Å². The van der Waals surface area contributed by atoms with Gasteiger partial charge in [0.25, 0.3) is 0 Å². The van der Waals surface area contributed by atoms with E-state index in [0.29, 0.717) is 11.9 Å². The van der Waals surface area contributed by atoms with Crippen molar-refractivity contribution in [1.29, 1.82) is 0 Å². The predicted molar refractivity (Wildman–Crippen MR) is 79.1 cm³/mol. The lowest BCUT2D eigenvalue weighted by Crippen LogP contribution is -2.28. The Kier molecular flexibility index (Phi) is 3.82. The lowest BCUT2D eigenvalue weighted by atomic mass is 9.97. The van der Waals surface area contributed by atoms with Crippen LogP contribution >= 0.6 is 0 Å². The average molecular weight is 298 g/mol. The molecule has 2 N–H and O–H groups in total. The van der Waals surface area contributed by atoms with Gasteiger partial charge < -0.3 is 10.3 Å². The van der Waals surface area contributed by atoms with Gasteiger partial charge >= 0.3 is 6.18 Å². The predicted octanol–water partition coefficient (Wildman–Crippen LogP) is 4.56. The van der Waals surface area contributed by atoms with Crippen molar-refractivity contribution >= 4 is 10.9 Å². The highest BCUT2D eigenvalue weighted by Crippen LogP contribution is 2.36. The Hall–Kier alpha value is -1.49. The van der Waals surface area contributed by atoms with E-state index in [4.69, 9.17) is 5.73 Å². The van der Waals surface area contributed by atoms with Crippen LogP contribution in [-0.4, -0.2) is 10.7 Å². The number of benzene rings is 1. The first-order valence-corrected chi connectivity index (χ1v) is 6.91. The van der Waals surface area contributed by atoms with Gasteiger partial charge in [-0.15, -0.1) is 0 Å². The number of hydrogen-bond donors (Lipinski definition) is 1. The standard InChI is InChI=1S/C16H21F3N2/c1-10-5-6-11-12(14(20)16(17,18)19)8-21(13(11)7-10)9-15(2,3)4/h5-8,14H,9,20H2,1-4H3/t14-/m0/s1. The molecule has 2 aromatic rings. The van der Waals surface area contributed by atoms with E-state index in [9.17, 15) is 13.2 Å².